The lowest BCUT2D eigenvalue weighted by atomic mass is 10.1. The van der Waals surface area contributed by atoms with Crippen LogP contribution in [0.25, 0.3) is 10.9 Å². The zero-order valence-corrected chi connectivity index (χ0v) is 12.0. The summed E-state index contributed by atoms with van der Waals surface area (Å²) in [5, 5.41) is 9.31. The van der Waals surface area contributed by atoms with Gasteiger partial charge in [-0.15, -0.1) is 10.2 Å². The fourth-order valence-corrected chi connectivity index (χ4v) is 2.94. The van der Waals surface area contributed by atoms with E-state index in [2.05, 4.69) is 15.2 Å². The van der Waals surface area contributed by atoms with Gasteiger partial charge in [-0.05, 0) is 13.0 Å². The summed E-state index contributed by atoms with van der Waals surface area (Å²) in [5.41, 5.74) is 1.70. The first kappa shape index (κ1) is 12.9. The largest absolute Gasteiger partial charge is 0.360 e. The Bertz CT molecular complexity index is 761. The molecule has 0 amide bonds. The SMILES string of the molecule is C[C@H](Sc1nncn1C)C(=O)c1c[nH]c2ccccc12. The molecule has 2 aromatic heterocycles. The maximum atomic E-state index is 12.6. The van der Waals surface area contributed by atoms with Crippen LogP contribution in [0.1, 0.15) is 17.3 Å². The molecule has 3 aromatic rings. The number of carbonyl (C=O) groups excluding carboxylic acids is 1. The number of carbonyl (C=O) groups is 1. The van der Waals surface area contributed by atoms with Gasteiger partial charge in [-0.25, -0.2) is 0 Å². The lowest BCUT2D eigenvalue weighted by molar-refractivity contribution is 0.0995. The number of Topliss-reactive ketones (excluding diaryl/α,β-unsaturated/α-hetero) is 1. The number of nitrogens with zero attached hydrogens (tertiary/aromatic N) is 3. The van der Waals surface area contributed by atoms with E-state index in [1.165, 1.54) is 11.8 Å². The van der Waals surface area contributed by atoms with Crippen molar-refractivity contribution < 1.29 is 4.79 Å². The van der Waals surface area contributed by atoms with Crippen molar-refractivity contribution >= 4 is 28.4 Å². The third-order valence-corrected chi connectivity index (χ3v) is 4.32. The van der Waals surface area contributed by atoms with Crippen LogP contribution in [0.3, 0.4) is 0 Å². The molecule has 0 fully saturated rings. The maximum Gasteiger partial charge on any atom is 0.191 e. The van der Waals surface area contributed by atoms with Crippen LogP contribution in [0.2, 0.25) is 0 Å². The predicted octanol–water partition coefficient (Wildman–Crippen LogP) is 2.66. The lowest BCUT2D eigenvalue weighted by Crippen LogP contribution is -2.14. The van der Waals surface area contributed by atoms with Crippen molar-refractivity contribution in [3.8, 4) is 0 Å². The number of aryl methyl sites for hydroxylation is 1. The molecule has 6 heteroatoms. The lowest BCUT2D eigenvalue weighted by Gasteiger charge is -2.08. The highest BCUT2D eigenvalue weighted by molar-refractivity contribution is 8.00. The van der Waals surface area contributed by atoms with Gasteiger partial charge in [-0.1, -0.05) is 30.0 Å². The molecule has 0 aliphatic rings. The highest BCUT2D eigenvalue weighted by Gasteiger charge is 2.21. The van der Waals surface area contributed by atoms with Crippen molar-refractivity contribution in [3.05, 3.63) is 42.4 Å². The molecule has 0 saturated carbocycles. The Morgan fingerprint density at radius 3 is 2.95 bits per heavy atom. The molecule has 0 spiro atoms. The number of hydrogen-bond acceptors (Lipinski definition) is 4. The number of ketones is 1. The third kappa shape index (κ3) is 2.22. The summed E-state index contributed by atoms with van der Waals surface area (Å²) in [5.74, 6) is 0.0930. The number of thioether (sulfide) groups is 1. The van der Waals surface area contributed by atoms with Crippen LogP contribution in [0.5, 0.6) is 0 Å². The zero-order valence-electron chi connectivity index (χ0n) is 11.2. The second kappa shape index (κ2) is 5.13. The monoisotopic (exact) mass is 286 g/mol. The number of para-hydroxylation sites is 1. The van der Waals surface area contributed by atoms with Crippen molar-refractivity contribution in [2.45, 2.75) is 17.3 Å². The van der Waals surface area contributed by atoms with Gasteiger partial charge in [0.15, 0.2) is 10.9 Å². The van der Waals surface area contributed by atoms with E-state index in [1.54, 1.807) is 12.5 Å². The molecule has 2 heterocycles. The Hall–Kier alpha value is -2.08. The maximum absolute atomic E-state index is 12.6. The van der Waals surface area contributed by atoms with E-state index in [0.717, 1.165) is 21.6 Å². The number of fused-ring (bicyclic) bond motifs is 1. The van der Waals surface area contributed by atoms with Gasteiger partial charge in [0.2, 0.25) is 0 Å². The number of nitrogens with one attached hydrogen (secondary N) is 1. The normalized spacial score (nSPS) is 12.7. The minimum absolute atomic E-state index is 0.0930. The van der Waals surface area contributed by atoms with Crippen LogP contribution in [0.4, 0.5) is 0 Å². The fraction of sp³-hybridized carbons (Fsp3) is 0.214. The molecular weight excluding hydrogens is 272 g/mol. The van der Waals surface area contributed by atoms with Gasteiger partial charge in [0, 0.05) is 29.7 Å². The van der Waals surface area contributed by atoms with E-state index < -0.39 is 0 Å². The summed E-state index contributed by atoms with van der Waals surface area (Å²) in [7, 11) is 1.87. The summed E-state index contributed by atoms with van der Waals surface area (Å²) in [6.45, 7) is 1.89. The molecule has 5 nitrogen and oxygen atoms in total. The Balaban J connectivity index is 1.87. The van der Waals surface area contributed by atoms with Crippen molar-refractivity contribution in [3.63, 3.8) is 0 Å². The quantitative estimate of drug-likeness (QED) is 0.591. The van der Waals surface area contributed by atoms with Crippen molar-refractivity contribution in [1.29, 1.82) is 0 Å². The number of rotatable bonds is 4. The molecule has 0 radical (unpaired) electrons. The van der Waals surface area contributed by atoms with Crippen molar-refractivity contribution in [2.75, 3.05) is 0 Å². The molecule has 0 bridgehead atoms. The molecule has 3 rings (SSSR count). The molecule has 102 valence electrons. The standard InChI is InChI=1S/C14H14N4OS/c1-9(20-14-17-16-8-18(14)2)13(19)11-7-15-12-6-4-3-5-10(11)12/h3-9,15H,1-2H3/t9-/m0/s1. The molecule has 20 heavy (non-hydrogen) atoms. The molecule has 1 atom stereocenters. The minimum atomic E-state index is -0.211. The summed E-state index contributed by atoms with van der Waals surface area (Å²) < 4.78 is 1.81. The van der Waals surface area contributed by atoms with E-state index in [4.69, 9.17) is 0 Å². The Labute approximate surface area is 120 Å². The van der Waals surface area contributed by atoms with Gasteiger partial charge in [-0.3, -0.25) is 4.79 Å². The van der Waals surface area contributed by atoms with Gasteiger partial charge in [0.05, 0.1) is 5.25 Å². The first-order chi connectivity index (χ1) is 9.66. The second-order valence-corrected chi connectivity index (χ2v) is 5.90. The fourth-order valence-electron chi connectivity index (χ4n) is 2.09. The van der Waals surface area contributed by atoms with Crippen LogP contribution in [-0.2, 0) is 7.05 Å². The molecule has 1 aromatic carbocycles. The third-order valence-electron chi connectivity index (χ3n) is 3.18. The van der Waals surface area contributed by atoms with E-state index >= 15 is 0 Å². The summed E-state index contributed by atoms with van der Waals surface area (Å²) in [6, 6.07) is 7.81. The van der Waals surface area contributed by atoms with Gasteiger partial charge in [-0.2, -0.15) is 0 Å². The average Bonchev–Trinajstić information content (AvgIpc) is 3.05. The predicted molar refractivity (Wildman–Crippen MR) is 79.0 cm³/mol. The number of H-pyrrole nitrogens is 1. The van der Waals surface area contributed by atoms with Crippen LogP contribution in [0, 0.1) is 0 Å². The van der Waals surface area contributed by atoms with Gasteiger partial charge < -0.3 is 9.55 Å². The number of benzene rings is 1. The average molecular weight is 286 g/mol. The molecular formula is C14H14N4OS. The Morgan fingerprint density at radius 2 is 2.20 bits per heavy atom. The zero-order chi connectivity index (χ0) is 14.1. The summed E-state index contributed by atoms with van der Waals surface area (Å²) in [4.78, 5) is 15.7. The van der Waals surface area contributed by atoms with E-state index in [9.17, 15) is 4.79 Å². The molecule has 0 saturated heterocycles. The molecule has 0 aliphatic carbocycles. The summed E-state index contributed by atoms with van der Waals surface area (Å²) >= 11 is 1.42. The molecule has 0 unspecified atom stereocenters. The number of aromatic nitrogens is 4. The van der Waals surface area contributed by atoms with Gasteiger partial charge >= 0.3 is 0 Å². The highest BCUT2D eigenvalue weighted by Crippen LogP contribution is 2.26. The minimum Gasteiger partial charge on any atom is -0.360 e. The van der Waals surface area contributed by atoms with Crippen LogP contribution in [0.15, 0.2) is 41.9 Å². The van der Waals surface area contributed by atoms with E-state index in [-0.39, 0.29) is 11.0 Å². The van der Waals surface area contributed by atoms with Gasteiger partial charge in [0.25, 0.3) is 0 Å². The first-order valence-electron chi connectivity index (χ1n) is 6.28. The van der Waals surface area contributed by atoms with E-state index in [1.807, 2.05) is 42.8 Å². The second-order valence-electron chi connectivity index (χ2n) is 4.60. The highest BCUT2D eigenvalue weighted by atomic mass is 32.2. The van der Waals surface area contributed by atoms with Crippen LogP contribution in [-0.4, -0.2) is 30.8 Å². The van der Waals surface area contributed by atoms with E-state index in [0.29, 0.717) is 0 Å². The Kier molecular flexibility index (Phi) is 3.31. The Morgan fingerprint density at radius 1 is 1.40 bits per heavy atom. The topological polar surface area (TPSA) is 63.6 Å². The van der Waals surface area contributed by atoms with Crippen molar-refractivity contribution in [2.24, 2.45) is 7.05 Å². The molecule has 1 N–H and O–H groups in total. The number of hydrogen-bond donors (Lipinski definition) is 1. The van der Waals surface area contributed by atoms with Crippen LogP contribution >= 0.6 is 11.8 Å². The molecule has 0 aliphatic heterocycles. The first-order valence-corrected chi connectivity index (χ1v) is 7.16. The number of aromatic amines is 1. The smallest absolute Gasteiger partial charge is 0.191 e. The van der Waals surface area contributed by atoms with Crippen LogP contribution < -0.4 is 0 Å². The van der Waals surface area contributed by atoms with Gasteiger partial charge in [0.1, 0.15) is 6.33 Å². The summed E-state index contributed by atoms with van der Waals surface area (Å²) in [6.07, 6.45) is 3.41. The van der Waals surface area contributed by atoms with Crippen molar-refractivity contribution in [1.82, 2.24) is 19.7 Å².